The number of fused-ring (bicyclic) bond motifs is 1. The summed E-state index contributed by atoms with van der Waals surface area (Å²) in [5.74, 6) is 1.06. The highest BCUT2D eigenvalue weighted by Gasteiger charge is 2.28. The van der Waals surface area contributed by atoms with E-state index in [0.29, 0.717) is 29.5 Å². The number of rotatable bonds is 6. The normalized spacial score (nSPS) is 17.0. The molecule has 0 saturated carbocycles. The maximum atomic E-state index is 12.3. The number of anilines is 1. The summed E-state index contributed by atoms with van der Waals surface area (Å²) in [6.07, 6.45) is 5.38. The van der Waals surface area contributed by atoms with Gasteiger partial charge in [-0.2, -0.15) is 11.8 Å². The molecule has 1 aliphatic carbocycles. The predicted octanol–water partition coefficient (Wildman–Crippen LogP) is 3.74. The van der Waals surface area contributed by atoms with Crippen molar-refractivity contribution in [1.29, 1.82) is 0 Å². The average Bonchev–Trinajstić information content (AvgIpc) is 2.82. The maximum absolute atomic E-state index is 12.3. The van der Waals surface area contributed by atoms with Crippen LogP contribution in [-0.2, 0) is 22.4 Å². The molecule has 0 fully saturated rings. The van der Waals surface area contributed by atoms with E-state index in [1.54, 1.807) is 30.0 Å². The Hall–Kier alpha value is -1.01. The summed E-state index contributed by atoms with van der Waals surface area (Å²) in [7, 11) is 0. The summed E-state index contributed by atoms with van der Waals surface area (Å²) >= 11 is 3.18. The van der Waals surface area contributed by atoms with E-state index in [-0.39, 0.29) is 11.9 Å². The minimum Gasteiger partial charge on any atom is -0.462 e. The van der Waals surface area contributed by atoms with Gasteiger partial charge in [-0.1, -0.05) is 6.92 Å². The van der Waals surface area contributed by atoms with Crippen molar-refractivity contribution in [3.8, 4) is 0 Å². The lowest BCUT2D eigenvalue weighted by atomic mass is 9.88. The topological polar surface area (TPSA) is 55.4 Å². The van der Waals surface area contributed by atoms with Crippen molar-refractivity contribution in [3.05, 3.63) is 16.0 Å². The summed E-state index contributed by atoms with van der Waals surface area (Å²) in [6.45, 7) is 4.37. The number of ether oxygens (including phenoxy) is 1. The average molecular weight is 341 g/mol. The zero-order valence-corrected chi connectivity index (χ0v) is 15.0. The van der Waals surface area contributed by atoms with Gasteiger partial charge in [-0.25, -0.2) is 4.79 Å². The van der Waals surface area contributed by atoms with Gasteiger partial charge in [0.15, 0.2) is 0 Å². The molecule has 1 aliphatic rings. The van der Waals surface area contributed by atoms with Crippen LogP contribution in [0.1, 0.15) is 47.5 Å². The molecule has 4 nitrogen and oxygen atoms in total. The standard InChI is InChI=1S/C16H23NO3S2/c1-4-20-16(19)14-11-6-5-10(2)9-12(11)22-15(14)17-13(18)7-8-21-3/h10H,4-9H2,1-3H3,(H,17,18)/t10-/m0/s1. The number of carbonyl (C=O) groups excluding carboxylic acids is 2. The fourth-order valence-corrected chi connectivity index (χ4v) is 4.45. The van der Waals surface area contributed by atoms with Gasteiger partial charge in [0.25, 0.3) is 0 Å². The summed E-state index contributed by atoms with van der Waals surface area (Å²) in [6, 6.07) is 0. The summed E-state index contributed by atoms with van der Waals surface area (Å²) < 4.78 is 5.19. The number of hydrogen-bond acceptors (Lipinski definition) is 5. The first-order valence-electron chi connectivity index (χ1n) is 7.67. The fourth-order valence-electron chi connectivity index (χ4n) is 2.64. The Labute approximate surface area is 140 Å². The van der Waals surface area contributed by atoms with Crippen LogP contribution in [0.5, 0.6) is 0 Å². The molecular formula is C16H23NO3S2. The first-order chi connectivity index (χ1) is 10.6. The largest absolute Gasteiger partial charge is 0.462 e. The first kappa shape index (κ1) is 17.3. The molecule has 1 amide bonds. The van der Waals surface area contributed by atoms with Crippen LogP contribution in [0.15, 0.2) is 0 Å². The second-order valence-corrected chi connectivity index (χ2v) is 7.66. The van der Waals surface area contributed by atoms with Crippen LogP contribution < -0.4 is 5.32 Å². The van der Waals surface area contributed by atoms with Gasteiger partial charge >= 0.3 is 5.97 Å². The molecule has 0 radical (unpaired) electrons. The van der Waals surface area contributed by atoms with Crippen molar-refractivity contribution in [2.45, 2.75) is 39.5 Å². The van der Waals surface area contributed by atoms with Gasteiger partial charge in [-0.3, -0.25) is 4.79 Å². The number of thioether (sulfide) groups is 1. The third kappa shape index (κ3) is 4.04. The van der Waals surface area contributed by atoms with Crippen LogP contribution >= 0.6 is 23.1 Å². The molecule has 1 heterocycles. The van der Waals surface area contributed by atoms with Crippen LogP contribution in [0.2, 0.25) is 0 Å². The van der Waals surface area contributed by atoms with E-state index < -0.39 is 0 Å². The van der Waals surface area contributed by atoms with E-state index in [1.165, 1.54) is 4.88 Å². The molecule has 122 valence electrons. The molecule has 1 atom stereocenters. The molecule has 1 aromatic heterocycles. The minimum absolute atomic E-state index is 0.0356. The van der Waals surface area contributed by atoms with E-state index in [2.05, 4.69) is 12.2 Å². The van der Waals surface area contributed by atoms with Crippen molar-refractivity contribution in [1.82, 2.24) is 0 Å². The highest BCUT2D eigenvalue weighted by Crippen LogP contribution is 2.40. The summed E-state index contributed by atoms with van der Waals surface area (Å²) in [4.78, 5) is 25.5. The first-order valence-corrected chi connectivity index (χ1v) is 9.88. The zero-order chi connectivity index (χ0) is 16.1. The van der Waals surface area contributed by atoms with E-state index in [4.69, 9.17) is 4.74 Å². The molecule has 0 spiro atoms. The van der Waals surface area contributed by atoms with Crippen LogP contribution in [0.4, 0.5) is 5.00 Å². The number of thiophene rings is 1. The second-order valence-electron chi connectivity index (χ2n) is 5.57. The Morgan fingerprint density at radius 3 is 2.91 bits per heavy atom. The Kier molecular flexibility index (Phi) is 6.32. The van der Waals surface area contributed by atoms with E-state index >= 15 is 0 Å². The lowest BCUT2D eigenvalue weighted by Crippen LogP contribution is -2.16. The fraction of sp³-hybridized carbons (Fsp3) is 0.625. The smallest absolute Gasteiger partial charge is 0.341 e. The van der Waals surface area contributed by atoms with Gasteiger partial charge < -0.3 is 10.1 Å². The van der Waals surface area contributed by atoms with Gasteiger partial charge in [-0.15, -0.1) is 11.3 Å². The van der Waals surface area contributed by atoms with Crippen LogP contribution in [0.25, 0.3) is 0 Å². The van der Waals surface area contributed by atoms with E-state index in [9.17, 15) is 9.59 Å². The highest BCUT2D eigenvalue weighted by atomic mass is 32.2. The van der Waals surface area contributed by atoms with Crippen molar-refractivity contribution < 1.29 is 14.3 Å². The lowest BCUT2D eigenvalue weighted by Gasteiger charge is -2.18. The zero-order valence-electron chi connectivity index (χ0n) is 13.4. The molecule has 0 aromatic carbocycles. The Morgan fingerprint density at radius 1 is 1.45 bits per heavy atom. The van der Waals surface area contributed by atoms with Crippen LogP contribution in [-0.4, -0.2) is 30.5 Å². The van der Waals surface area contributed by atoms with E-state index in [0.717, 1.165) is 30.6 Å². The SMILES string of the molecule is CCOC(=O)c1c(NC(=O)CCSC)sc2c1CC[C@H](C)C2. The van der Waals surface area contributed by atoms with Gasteiger partial charge in [0, 0.05) is 17.1 Å². The highest BCUT2D eigenvalue weighted by molar-refractivity contribution is 7.98. The molecule has 22 heavy (non-hydrogen) atoms. The third-order valence-corrected chi connectivity index (χ3v) is 5.56. The van der Waals surface area contributed by atoms with Gasteiger partial charge in [0.05, 0.1) is 12.2 Å². The van der Waals surface area contributed by atoms with Crippen LogP contribution in [0.3, 0.4) is 0 Å². The van der Waals surface area contributed by atoms with Crippen molar-refractivity contribution >= 4 is 40.0 Å². The molecule has 0 unspecified atom stereocenters. The number of amides is 1. The number of carbonyl (C=O) groups is 2. The Balaban J connectivity index is 2.27. The van der Waals surface area contributed by atoms with Crippen molar-refractivity contribution in [2.24, 2.45) is 5.92 Å². The predicted molar refractivity (Wildman–Crippen MR) is 93.1 cm³/mol. The third-order valence-electron chi connectivity index (χ3n) is 3.78. The van der Waals surface area contributed by atoms with Crippen molar-refractivity contribution in [3.63, 3.8) is 0 Å². The second kappa shape index (κ2) is 8.02. The molecule has 6 heteroatoms. The van der Waals surface area contributed by atoms with Crippen molar-refractivity contribution in [2.75, 3.05) is 23.9 Å². The monoisotopic (exact) mass is 341 g/mol. The van der Waals surface area contributed by atoms with Gasteiger partial charge in [-0.05, 0) is 43.9 Å². The van der Waals surface area contributed by atoms with Gasteiger partial charge in [0.2, 0.25) is 5.91 Å². The molecule has 1 N–H and O–H groups in total. The lowest BCUT2D eigenvalue weighted by molar-refractivity contribution is -0.115. The maximum Gasteiger partial charge on any atom is 0.341 e. The quantitative estimate of drug-likeness (QED) is 0.801. The number of hydrogen-bond donors (Lipinski definition) is 1. The molecule has 2 rings (SSSR count). The summed E-state index contributed by atoms with van der Waals surface area (Å²) in [5.41, 5.74) is 1.67. The Morgan fingerprint density at radius 2 is 2.23 bits per heavy atom. The van der Waals surface area contributed by atoms with E-state index in [1.807, 2.05) is 6.26 Å². The molecule has 1 aromatic rings. The van der Waals surface area contributed by atoms with Gasteiger partial charge in [0.1, 0.15) is 5.00 Å². The number of nitrogens with one attached hydrogen (secondary N) is 1. The van der Waals surface area contributed by atoms with Crippen LogP contribution in [0, 0.1) is 5.92 Å². The molecule has 0 bridgehead atoms. The Bertz CT molecular complexity index is 554. The molecule has 0 saturated heterocycles. The molecular weight excluding hydrogens is 318 g/mol. The summed E-state index contributed by atoms with van der Waals surface area (Å²) in [5, 5.41) is 3.59. The molecule has 0 aliphatic heterocycles. The number of esters is 1. The minimum atomic E-state index is -0.310.